The molecular formula is C17H17ClF2N4O4S. The van der Waals surface area contributed by atoms with Crippen LogP contribution < -0.4 is 15.6 Å². The lowest BCUT2D eigenvalue weighted by molar-refractivity contribution is 0.430. The average Bonchev–Trinajstić information content (AvgIpc) is 2.61. The van der Waals surface area contributed by atoms with Crippen molar-refractivity contribution in [1.29, 1.82) is 0 Å². The minimum absolute atomic E-state index is 0. The molecule has 0 saturated carbocycles. The predicted molar refractivity (Wildman–Crippen MR) is 107 cm³/mol. The molecule has 0 atom stereocenters. The molecule has 2 aromatic heterocycles. The first-order valence-electron chi connectivity index (χ1n) is 8.05. The lowest BCUT2D eigenvalue weighted by Crippen LogP contribution is -2.20. The second-order valence-electron chi connectivity index (χ2n) is 6.08. The number of nitrogens with zero attached hydrogens (tertiary/aromatic N) is 3. The lowest BCUT2D eigenvalue weighted by atomic mass is 10.3. The van der Waals surface area contributed by atoms with Gasteiger partial charge in [0, 0.05) is 37.5 Å². The van der Waals surface area contributed by atoms with E-state index in [4.69, 9.17) is 4.74 Å². The van der Waals surface area contributed by atoms with Crippen LogP contribution in [0.4, 0.5) is 14.7 Å². The van der Waals surface area contributed by atoms with Gasteiger partial charge in [-0.1, -0.05) is 0 Å². The molecule has 0 saturated heterocycles. The van der Waals surface area contributed by atoms with Crippen LogP contribution in [0.25, 0.3) is 11.0 Å². The van der Waals surface area contributed by atoms with Gasteiger partial charge in [-0.15, -0.1) is 12.4 Å². The van der Waals surface area contributed by atoms with Gasteiger partial charge < -0.3 is 10.1 Å². The third kappa shape index (κ3) is 5.39. The molecule has 0 aliphatic carbocycles. The van der Waals surface area contributed by atoms with Gasteiger partial charge in [0.1, 0.15) is 21.3 Å². The van der Waals surface area contributed by atoms with E-state index >= 15 is 0 Å². The number of ether oxygens (including phenoxy) is 1. The molecule has 0 bridgehead atoms. The molecule has 0 spiro atoms. The van der Waals surface area contributed by atoms with Crippen molar-refractivity contribution in [2.45, 2.75) is 0 Å². The summed E-state index contributed by atoms with van der Waals surface area (Å²) in [6.45, 7) is 0.114. The van der Waals surface area contributed by atoms with Gasteiger partial charge in [0.2, 0.25) is 5.95 Å². The Labute approximate surface area is 170 Å². The van der Waals surface area contributed by atoms with Gasteiger partial charge in [-0.3, -0.25) is 9.36 Å². The van der Waals surface area contributed by atoms with E-state index < -0.39 is 27.0 Å². The van der Waals surface area contributed by atoms with E-state index in [9.17, 15) is 22.0 Å². The van der Waals surface area contributed by atoms with E-state index in [0.717, 1.165) is 18.4 Å². The first-order valence-corrected chi connectivity index (χ1v) is 10.1. The third-order valence-corrected chi connectivity index (χ3v) is 4.73. The van der Waals surface area contributed by atoms with Gasteiger partial charge in [-0.05, 0) is 18.2 Å². The van der Waals surface area contributed by atoms with Crippen LogP contribution in [0, 0.1) is 11.6 Å². The molecule has 3 aromatic rings. The standard InChI is InChI=1S/C17H16F2N4O4S.ClH/c1-23-15-10(9-21-17(22-15)20-5-6-28(2,25)26)7-14(16(23)24)27-13-4-3-11(18)8-12(13)19;/h3-4,7-9H,5-6H2,1-2H3,(H,20,21,22);1H. The fraction of sp³-hybridized carbons (Fsp3) is 0.235. The normalized spacial score (nSPS) is 11.2. The number of halogens is 3. The molecular weight excluding hydrogens is 430 g/mol. The third-order valence-electron chi connectivity index (χ3n) is 3.79. The smallest absolute Gasteiger partial charge is 0.294 e. The highest BCUT2D eigenvalue weighted by Gasteiger charge is 2.14. The number of hydrogen-bond acceptors (Lipinski definition) is 7. The Kier molecular flexibility index (Phi) is 6.75. The van der Waals surface area contributed by atoms with Crippen LogP contribution in [-0.4, -0.2) is 41.5 Å². The minimum Gasteiger partial charge on any atom is -0.448 e. The lowest BCUT2D eigenvalue weighted by Gasteiger charge is -2.11. The zero-order valence-corrected chi connectivity index (χ0v) is 17.0. The van der Waals surface area contributed by atoms with E-state index in [1.54, 1.807) is 0 Å². The van der Waals surface area contributed by atoms with E-state index in [-0.39, 0.29) is 47.8 Å². The van der Waals surface area contributed by atoms with Crippen LogP contribution in [-0.2, 0) is 16.9 Å². The van der Waals surface area contributed by atoms with Crippen LogP contribution in [0.1, 0.15) is 0 Å². The Bertz CT molecular complexity index is 1220. The Hall–Kier alpha value is -2.79. The Balaban J connectivity index is 0.00000300. The van der Waals surface area contributed by atoms with Crippen LogP contribution in [0.15, 0.2) is 35.3 Å². The molecule has 0 radical (unpaired) electrons. The summed E-state index contributed by atoms with van der Waals surface area (Å²) in [6, 6.07) is 4.10. The number of nitrogens with one attached hydrogen (secondary N) is 1. The Morgan fingerprint density at radius 2 is 1.93 bits per heavy atom. The maximum Gasteiger partial charge on any atom is 0.294 e. The number of sulfone groups is 1. The van der Waals surface area contributed by atoms with Gasteiger partial charge in [0.25, 0.3) is 5.56 Å². The summed E-state index contributed by atoms with van der Waals surface area (Å²) in [5, 5.41) is 3.21. The van der Waals surface area contributed by atoms with Gasteiger partial charge in [-0.25, -0.2) is 22.2 Å². The summed E-state index contributed by atoms with van der Waals surface area (Å²) in [6.07, 6.45) is 2.53. The van der Waals surface area contributed by atoms with Gasteiger partial charge in [0.15, 0.2) is 17.3 Å². The number of pyridine rings is 1. The fourth-order valence-corrected chi connectivity index (χ4v) is 2.87. The van der Waals surface area contributed by atoms with E-state index in [0.29, 0.717) is 11.5 Å². The first kappa shape index (κ1) is 22.5. The molecule has 3 rings (SSSR count). The van der Waals surface area contributed by atoms with Crippen molar-refractivity contribution < 1.29 is 21.9 Å². The summed E-state index contributed by atoms with van der Waals surface area (Å²) in [5.41, 5.74) is -0.314. The van der Waals surface area contributed by atoms with Gasteiger partial charge in [-0.2, -0.15) is 4.98 Å². The Morgan fingerprint density at radius 1 is 1.21 bits per heavy atom. The molecule has 0 aliphatic rings. The molecule has 2 heterocycles. The molecule has 8 nitrogen and oxygen atoms in total. The number of rotatable bonds is 6. The largest absolute Gasteiger partial charge is 0.448 e. The summed E-state index contributed by atoms with van der Waals surface area (Å²) >= 11 is 0. The highest BCUT2D eigenvalue weighted by molar-refractivity contribution is 7.90. The molecule has 1 aromatic carbocycles. The van der Waals surface area contributed by atoms with Crippen molar-refractivity contribution in [3.8, 4) is 11.5 Å². The average molecular weight is 447 g/mol. The van der Waals surface area contributed by atoms with Crippen LogP contribution in [0.3, 0.4) is 0 Å². The van der Waals surface area contributed by atoms with Crippen molar-refractivity contribution in [3.63, 3.8) is 0 Å². The number of aryl methyl sites for hydroxylation is 1. The predicted octanol–water partition coefficient (Wildman–Crippen LogP) is 2.28. The molecule has 12 heteroatoms. The van der Waals surface area contributed by atoms with E-state index in [2.05, 4.69) is 15.3 Å². The molecule has 156 valence electrons. The highest BCUT2D eigenvalue weighted by Crippen LogP contribution is 2.24. The highest BCUT2D eigenvalue weighted by atomic mass is 35.5. The number of benzene rings is 1. The van der Waals surface area contributed by atoms with E-state index in [1.807, 2.05) is 0 Å². The van der Waals surface area contributed by atoms with Crippen LogP contribution in [0.5, 0.6) is 11.5 Å². The topological polar surface area (TPSA) is 103 Å². The van der Waals surface area contributed by atoms with Crippen LogP contribution in [0.2, 0.25) is 0 Å². The number of hydrogen-bond donors (Lipinski definition) is 1. The molecule has 0 amide bonds. The maximum atomic E-state index is 13.8. The second kappa shape index (κ2) is 8.70. The van der Waals surface area contributed by atoms with Gasteiger partial charge >= 0.3 is 0 Å². The van der Waals surface area contributed by atoms with Gasteiger partial charge in [0.05, 0.1) is 5.75 Å². The molecule has 1 N–H and O–H groups in total. The number of anilines is 1. The van der Waals surface area contributed by atoms with Crippen molar-refractivity contribution >= 4 is 39.2 Å². The number of aromatic nitrogens is 3. The SMILES string of the molecule is Cl.Cn1c(=O)c(Oc2ccc(F)cc2F)cc2cnc(NCCS(C)(=O)=O)nc21. The molecule has 29 heavy (non-hydrogen) atoms. The van der Waals surface area contributed by atoms with E-state index in [1.165, 1.54) is 23.9 Å². The van der Waals surface area contributed by atoms with Crippen LogP contribution >= 0.6 is 12.4 Å². The maximum absolute atomic E-state index is 13.8. The summed E-state index contributed by atoms with van der Waals surface area (Å²) in [4.78, 5) is 20.8. The van der Waals surface area contributed by atoms with Crippen molar-refractivity contribution in [2.24, 2.45) is 7.05 Å². The summed E-state index contributed by atoms with van der Waals surface area (Å²) in [7, 11) is -1.69. The van der Waals surface area contributed by atoms with Crippen molar-refractivity contribution in [2.75, 3.05) is 23.9 Å². The van der Waals surface area contributed by atoms with Crippen molar-refractivity contribution in [1.82, 2.24) is 14.5 Å². The minimum atomic E-state index is -3.14. The second-order valence-corrected chi connectivity index (χ2v) is 8.34. The zero-order valence-electron chi connectivity index (χ0n) is 15.3. The zero-order chi connectivity index (χ0) is 20.5. The fourth-order valence-electron chi connectivity index (χ4n) is 2.40. The summed E-state index contributed by atoms with van der Waals surface area (Å²) in [5.74, 6) is -2.11. The number of fused-ring (bicyclic) bond motifs is 1. The quantitative estimate of drug-likeness (QED) is 0.619. The summed E-state index contributed by atoms with van der Waals surface area (Å²) < 4.78 is 55.6. The Morgan fingerprint density at radius 3 is 2.59 bits per heavy atom. The monoisotopic (exact) mass is 446 g/mol. The molecule has 0 unspecified atom stereocenters. The van der Waals surface area contributed by atoms with Crippen molar-refractivity contribution in [3.05, 3.63) is 52.5 Å². The molecule has 0 fully saturated rings. The first-order chi connectivity index (χ1) is 13.1. The molecule has 0 aliphatic heterocycles.